The minimum absolute atomic E-state index is 0.105. The molecule has 1 rings (SSSR count). The number of hydrogen-bond acceptors (Lipinski definition) is 4. The smallest absolute Gasteiger partial charge is 0.408 e. The second-order valence-corrected chi connectivity index (χ2v) is 7.75. The molecule has 1 aliphatic carbocycles. The summed E-state index contributed by atoms with van der Waals surface area (Å²) in [6.45, 7) is 7.59. The fraction of sp³-hybridized carbons (Fsp3) is 0.867. The Labute approximate surface area is 132 Å². The summed E-state index contributed by atoms with van der Waals surface area (Å²) >= 11 is 1.65. The zero-order chi connectivity index (χ0) is 16.0. The van der Waals surface area contributed by atoms with Gasteiger partial charge in [-0.15, -0.1) is 0 Å². The minimum atomic E-state index is -0.561. The van der Waals surface area contributed by atoms with Crippen LogP contribution in [0.2, 0.25) is 0 Å². The SMILES string of the molecule is CSCCC(NC(=O)OC(C)(C)C)C(=O)NC1CC(C)C1. The number of thioether (sulfide) groups is 1. The molecule has 122 valence electrons. The highest BCUT2D eigenvalue weighted by Crippen LogP contribution is 2.26. The number of carbonyl (C=O) groups excluding carboxylic acids is 2. The van der Waals surface area contributed by atoms with Crippen molar-refractivity contribution in [3.63, 3.8) is 0 Å². The van der Waals surface area contributed by atoms with E-state index in [1.165, 1.54) is 0 Å². The monoisotopic (exact) mass is 316 g/mol. The van der Waals surface area contributed by atoms with Gasteiger partial charge in [-0.25, -0.2) is 4.79 Å². The van der Waals surface area contributed by atoms with Gasteiger partial charge >= 0.3 is 6.09 Å². The van der Waals surface area contributed by atoms with Gasteiger partial charge in [0, 0.05) is 6.04 Å². The van der Waals surface area contributed by atoms with Crippen molar-refractivity contribution in [3.05, 3.63) is 0 Å². The minimum Gasteiger partial charge on any atom is -0.444 e. The topological polar surface area (TPSA) is 67.4 Å². The number of alkyl carbamates (subject to hydrolysis) is 1. The van der Waals surface area contributed by atoms with Crippen LogP contribution in [0, 0.1) is 5.92 Å². The average Bonchev–Trinajstić information content (AvgIpc) is 2.30. The van der Waals surface area contributed by atoms with Crippen LogP contribution in [-0.4, -0.2) is 41.7 Å². The van der Waals surface area contributed by atoms with E-state index in [0.29, 0.717) is 12.3 Å². The predicted molar refractivity (Wildman–Crippen MR) is 86.5 cm³/mol. The second-order valence-electron chi connectivity index (χ2n) is 6.76. The van der Waals surface area contributed by atoms with Crippen LogP contribution in [-0.2, 0) is 9.53 Å². The number of nitrogens with one attached hydrogen (secondary N) is 2. The lowest BCUT2D eigenvalue weighted by Gasteiger charge is -2.34. The average molecular weight is 316 g/mol. The number of carbonyl (C=O) groups is 2. The van der Waals surface area contributed by atoms with Gasteiger partial charge in [-0.05, 0) is 58.0 Å². The quantitative estimate of drug-likeness (QED) is 0.790. The number of ether oxygens (including phenoxy) is 1. The Balaban J connectivity index is 2.49. The summed E-state index contributed by atoms with van der Waals surface area (Å²) in [5, 5.41) is 5.69. The van der Waals surface area contributed by atoms with Gasteiger partial charge in [-0.2, -0.15) is 11.8 Å². The third-order valence-corrected chi connectivity index (χ3v) is 3.98. The van der Waals surface area contributed by atoms with Crippen molar-refractivity contribution in [3.8, 4) is 0 Å². The Morgan fingerprint density at radius 2 is 1.95 bits per heavy atom. The van der Waals surface area contributed by atoms with Gasteiger partial charge in [0.1, 0.15) is 11.6 Å². The van der Waals surface area contributed by atoms with E-state index in [9.17, 15) is 9.59 Å². The summed E-state index contributed by atoms with van der Waals surface area (Å²) in [6, 6.07) is -0.270. The van der Waals surface area contributed by atoms with E-state index in [4.69, 9.17) is 4.74 Å². The highest BCUT2D eigenvalue weighted by Gasteiger charge is 2.30. The van der Waals surface area contributed by atoms with Gasteiger partial charge in [0.15, 0.2) is 0 Å². The summed E-state index contributed by atoms with van der Waals surface area (Å²) in [5.41, 5.74) is -0.561. The molecule has 1 unspecified atom stereocenters. The van der Waals surface area contributed by atoms with Crippen molar-refractivity contribution in [2.24, 2.45) is 5.92 Å². The highest BCUT2D eigenvalue weighted by molar-refractivity contribution is 7.98. The fourth-order valence-electron chi connectivity index (χ4n) is 2.28. The van der Waals surface area contributed by atoms with Crippen LogP contribution in [0.3, 0.4) is 0 Å². The van der Waals surface area contributed by atoms with Crippen LogP contribution < -0.4 is 10.6 Å². The third-order valence-electron chi connectivity index (χ3n) is 3.34. The van der Waals surface area contributed by atoms with E-state index in [-0.39, 0.29) is 11.9 Å². The lowest BCUT2D eigenvalue weighted by atomic mass is 9.82. The first-order valence-electron chi connectivity index (χ1n) is 7.50. The van der Waals surface area contributed by atoms with Crippen LogP contribution >= 0.6 is 11.8 Å². The molecule has 0 aliphatic heterocycles. The van der Waals surface area contributed by atoms with Gasteiger partial charge in [0.05, 0.1) is 0 Å². The molecule has 1 atom stereocenters. The number of hydrogen-bond donors (Lipinski definition) is 2. The summed E-state index contributed by atoms with van der Waals surface area (Å²) in [4.78, 5) is 24.1. The largest absolute Gasteiger partial charge is 0.444 e. The van der Waals surface area contributed by atoms with E-state index in [0.717, 1.165) is 18.6 Å². The Bertz CT molecular complexity index is 362. The summed E-state index contributed by atoms with van der Waals surface area (Å²) in [7, 11) is 0. The van der Waals surface area contributed by atoms with Gasteiger partial charge in [-0.1, -0.05) is 6.92 Å². The lowest BCUT2D eigenvalue weighted by Crippen LogP contribution is -2.53. The summed E-state index contributed by atoms with van der Waals surface area (Å²) in [6.07, 6.45) is 4.09. The summed E-state index contributed by atoms with van der Waals surface area (Å²) in [5.74, 6) is 1.39. The van der Waals surface area contributed by atoms with Gasteiger partial charge in [-0.3, -0.25) is 4.79 Å². The number of amides is 2. The molecular weight excluding hydrogens is 288 g/mol. The predicted octanol–water partition coefficient (Wildman–Crippen LogP) is 2.55. The molecule has 2 amide bonds. The van der Waals surface area contributed by atoms with E-state index >= 15 is 0 Å². The first-order valence-corrected chi connectivity index (χ1v) is 8.89. The molecule has 0 aromatic carbocycles. The van der Waals surface area contributed by atoms with Crippen LogP contribution in [0.4, 0.5) is 4.79 Å². The Morgan fingerprint density at radius 3 is 2.43 bits per heavy atom. The van der Waals surface area contributed by atoms with Crippen molar-refractivity contribution in [1.82, 2.24) is 10.6 Å². The standard InChI is InChI=1S/C15H28N2O3S/c1-10-8-11(9-10)16-13(18)12(6-7-21-5)17-14(19)20-15(2,3)4/h10-12H,6-9H2,1-5H3,(H,16,18)(H,17,19). The maximum atomic E-state index is 12.3. The zero-order valence-corrected chi connectivity index (χ0v) is 14.5. The zero-order valence-electron chi connectivity index (χ0n) is 13.7. The van der Waals surface area contributed by atoms with Crippen molar-refractivity contribution >= 4 is 23.8 Å². The molecule has 0 radical (unpaired) electrons. The van der Waals surface area contributed by atoms with Gasteiger partial charge < -0.3 is 15.4 Å². The molecule has 0 heterocycles. The molecule has 21 heavy (non-hydrogen) atoms. The molecule has 0 spiro atoms. The molecular formula is C15H28N2O3S. The first-order chi connectivity index (χ1) is 9.71. The molecule has 5 nitrogen and oxygen atoms in total. The maximum absolute atomic E-state index is 12.3. The van der Waals surface area contributed by atoms with Crippen molar-refractivity contribution in [1.29, 1.82) is 0 Å². The molecule has 1 fully saturated rings. The molecule has 0 aromatic rings. The molecule has 1 aliphatic rings. The van der Waals surface area contributed by atoms with Gasteiger partial charge in [0.2, 0.25) is 5.91 Å². The van der Waals surface area contributed by atoms with E-state index in [1.54, 1.807) is 32.5 Å². The lowest BCUT2D eigenvalue weighted by molar-refractivity contribution is -0.124. The normalized spacial score (nSPS) is 22.9. The van der Waals surface area contributed by atoms with Crippen molar-refractivity contribution in [2.45, 2.75) is 64.6 Å². The molecule has 0 aromatic heterocycles. The Hall–Kier alpha value is -0.910. The molecule has 0 saturated heterocycles. The van der Waals surface area contributed by atoms with Crippen LogP contribution in [0.25, 0.3) is 0 Å². The Morgan fingerprint density at radius 1 is 1.33 bits per heavy atom. The van der Waals surface area contributed by atoms with E-state index in [2.05, 4.69) is 17.6 Å². The molecule has 6 heteroatoms. The van der Waals surface area contributed by atoms with Gasteiger partial charge in [0.25, 0.3) is 0 Å². The molecule has 0 bridgehead atoms. The maximum Gasteiger partial charge on any atom is 0.408 e. The first kappa shape index (κ1) is 18.1. The Kier molecular flexibility index (Phi) is 6.84. The van der Waals surface area contributed by atoms with Crippen LogP contribution in [0.1, 0.15) is 47.0 Å². The van der Waals surface area contributed by atoms with Crippen LogP contribution in [0.5, 0.6) is 0 Å². The van der Waals surface area contributed by atoms with Crippen molar-refractivity contribution in [2.75, 3.05) is 12.0 Å². The van der Waals surface area contributed by atoms with Crippen LogP contribution in [0.15, 0.2) is 0 Å². The number of rotatable bonds is 6. The highest BCUT2D eigenvalue weighted by atomic mass is 32.2. The molecule has 1 saturated carbocycles. The summed E-state index contributed by atoms with van der Waals surface area (Å²) < 4.78 is 5.22. The second kappa shape index (κ2) is 7.92. The fourth-order valence-corrected chi connectivity index (χ4v) is 2.75. The molecule has 2 N–H and O–H groups in total. The van der Waals surface area contributed by atoms with E-state index < -0.39 is 17.7 Å². The van der Waals surface area contributed by atoms with Crippen molar-refractivity contribution < 1.29 is 14.3 Å². The third kappa shape index (κ3) is 7.07. The van der Waals surface area contributed by atoms with E-state index in [1.807, 2.05) is 6.26 Å².